The number of hydrogen-bond donors (Lipinski definition) is 1. The van der Waals surface area contributed by atoms with Gasteiger partial charge in [-0.1, -0.05) is 12.1 Å². The highest BCUT2D eigenvalue weighted by atomic mass is 19.3. The lowest BCUT2D eigenvalue weighted by molar-refractivity contribution is -0.0676. The number of nitrogens with zero attached hydrogens (tertiary/aromatic N) is 4. The summed E-state index contributed by atoms with van der Waals surface area (Å²) in [4.78, 5) is 18.6. The molecule has 1 amide bonds. The first-order valence-corrected chi connectivity index (χ1v) is 11.7. The van der Waals surface area contributed by atoms with Crippen LogP contribution in [0.5, 0.6) is 0 Å². The largest absolute Gasteiger partial charge is 0.418 e. The number of rotatable bonds is 6. The maximum atomic E-state index is 13.9. The molecule has 1 N–H and O–H groups in total. The van der Waals surface area contributed by atoms with Crippen LogP contribution >= 0.6 is 0 Å². The number of alkyl halides is 3. The van der Waals surface area contributed by atoms with E-state index in [0.29, 0.717) is 22.3 Å². The van der Waals surface area contributed by atoms with Gasteiger partial charge in [-0.05, 0) is 49.4 Å². The first-order chi connectivity index (χ1) is 17.1. The van der Waals surface area contributed by atoms with Crippen molar-refractivity contribution in [1.29, 1.82) is 0 Å². The van der Waals surface area contributed by atoms with E-state index in [1.807, 2.05) is 0 Å². The minimum Gasteiger partial charge on any atom is -0.418 e. The van der Waals surface area contributed by atoms with Gasteiger partial charge in [0.15, 0.2) is 6.17 Å². The number of halogens is 4. The van der Waals surface area contributed by atoms with Gasteiger partial charge in [-0.25, -0.2) is 18.2 Å². The number of pyridine rings is 1. The Morgan fingerprint density at radius 1 is 1.17 bits per heavy atom. The Labute approximate surface area is 204 Å². The van der Waals surface area contributed by atoms with Crippen molar-refractivity contribution >= 4 is 5.91 Å². The summed E-state index contributed by atoms with van der Waals surface area (Å²) in [5.74, 6) is -4.40. The second-order valence-electron chi connectivity index (χ2n) is 9.41. The summed E-state index contributed by atoms with van der Waals surface area (Å²) in [6.07, 6.45) is -1.93. The summed E-state index contributed by atoms with van der Waals surface area (Å²) in [5.41, 5.74) is 1.75. The Morgan fingerprint density at radius 2 is 1.92 bits per heavy atom. The predicted molar refractivity (Wildman–Crippen MR) is 119 cm³/mol. The number of benzene rings is 1. The van der Waals surface area contributed by atoms with Gasteiger partial charge < -0.3 is 14.4 Å². The summed E-state index contributed by atoms with van der Waals surface area (Å²) in [6.45, 7) is 1.43. The quantitative estimate of drug-likeness (QED) is 0.367. The van der Waals surface area contributed by atoms with Gasteiger partial charge in [0.05, 0.1) is 6.04 Å². The van der Waals surface area contributed by atoms with Crippen LogP contribution in [0.4, 0.5) is 17.6 Å². The number of aromatic nitrogens is 3. The maximum absolute atomic E-state index is 13.9. The van der Waals surface area contributed by atoms with E-state index in [-0.39, 0.29) is 49.9 Å². The zero-order chi connectivity index (χ0) is 25.6. The lowest BCUT2D eigenvalue weighted by Crippen LogP contribution is -2.47. The molecule has 1 saturated carbocycles. The normalized spacial score (nSPS) is 20.3. The van der Waals surface area contributed by atoms with Gasteiger partial charge in [0.25, 0.3) is 11.8 Å². The topological polar surface area (TPSA) is 92.4 Å². The van der Waals surface area contributed by atoms with Crippen LogP contribution in [0.2, 0.25) is 0 Å². The third kappa shape index (κ3) is 4.59. The average Bonchev–Trinajstić information content (AvgIpc) is 3.46. The van der Waals surface area contributed by atoms with Crippen LogP contribution < -0.4 is 0 Å². The highest BCUT2D eigenvalue weighted by molar-refractivity contribution is 5.99. The molecule has 0 spiro atoms. The Morgan fingerprint density at radius 3 is 2.56 bits per heavy atom. The molecule has 2 aromatic heterocycles. The Hall–Kier alpha value is -3.34. The molecule has 3 heterocycles. The molecule has 7 nitrogen and oxygen atoms in total. The van der Waals surface area contributed by atoms with Crippen molar-refractivity contribution in [1.82, 2.24) is 20.1 Å². The van der Waals surface area contributed by atoms with Crippen molar-refractivity contribution < 1.29 is 31.9 Å². The minimum atomic E-state index is -2.78. The summed E-state index contributed by atoms with van der Waals surface area (Å²) >= 11 is 0. The second kappa shape index (κ2) is 9.27. The summed E-state index contributed by atoms with van der Waals surface area (Å²) in [5, 5.41) is 18.8. The highest BCUT2D eigenvalue weighted by Gasteiger charge is 2.45. The number of carbonyl (C=O) groups excluding carboxylic acids is 1. The number of amides is 1. The van der Waals surface area contributed by atoms with E-state index >= 15 is 0 Å². The molecule has 2 aliphatic rings. The molecular formula is C25H24F4N4O3. The van der Waals surface area contributed by atoms with Crippen molar-refractivity contribution in [3.05, 3.63) is 65.1 Å². The molecule has 190 valence electrons. The first kappa shape index (κ1) is 24.4. The van der Waals surface area contributed by atoms with E-state index in [9.17, 15) is 27.5 Å². The van der Waals surface area contributed by atoms with Crippen molar-refractivity contribution in [3.8, 4) is 11.5 Å². The maximum Gasteiger partial charge on any atom is 0.254 e. The van der Waals surface area contributed by atoms with Gasteiger partial charge in [-0.3, -0.25) is 4.79 Å². The van der Waals surface area contributed by atoms with Crippen molar-refractivity contribution in [2.24, 2.45) is 5.92 Å². The monoisotopic (exact) mass is 504 g/mol. The molecule has 0 saturated heterocycles. The Bertz CT molecular complexity index is 1250. The van der Waals surface area contributed by atoms with Crippen LogP contribution in [-0.2, 0) is 6.54 Å². The van der Waals surface area contributed by atoms with Crippen LogP contribution in [0.3, 0.4) is 0 Å². The van der Waals surface area contributed by atoms with E-state index in [1.165, 1.54) is 24.1 Å². The molecule has 5 rings (SSSR count). The lowest BCUT2D eigenvalue weighted by atomic mass is 9.78. The fourth-order valence-electron chi connectivity index (χ4n) is 5.06. The fourth-order valence-corrected chi connectivity index (χ4v) is 5.06. The smallest absolute Gasteiger partial charge is 0.254 e. The first-order valence-electron chi connectivity index (χ1n) is 11.7. The molecule has 0 radical (unpaired) electrons. The SMILES string of the molecule is CC(F)c1nnc(-c2ccc3c(c2)C(=O)N([C@H](C2CCC(F)(F)CC2)C(O)c2ccc(F)nc2)C3)o1. The van der Waals surface area contributed by atoms with E-state index in [4.69, 9.17) is 4.42 Å². The predicted octanol–water partition coefficient (Wildman–Crippen LogP) is 5.18. The van der Waals surface area contributed by atoms with E-state index in [1.54, 1.807) is 18.2 Å². The van der Waals surface area contributed by atoms with Gasteiger partial charge in [-0.2, -0.15) is 4.39 Å². The van der Waals surface area contributed by atoms with Crippen LogP contribution in [0.1, 0.15) is 72.3 Å². The number of hydrogen-bond acceptors (Lipinski definition) is 6. The zero-order valence-electron chi connectivity index (χ0n) is 19.4. The lowest BCUT2D eigenvalue weighted by Gasteiger charge is -2.41. The van der Waals surface area contributed by atoms with Crippen LogP contribution in [-0.4, -0.2) is 43.1 Å². The molecule has 1 fully saturated rings. The fraction of sp³-hybridized carbons (Fsp3) is 0.440. The number of fused-ring (bicyclic) bond motifs is 1. The standard InChI is InChI=1S/C25H24F4N4O3/c1-13(26)22-31-32-23(36-22)15-2-3-17-12-33(24(35)18(17)10-15)20(14-6-8-25(28,29)9-7-14)21(34)16-4-5-19(27)30-11-16/h2-5,10-11,13-14,20-21,34H,6-9,12H2,1H3/t13?,20-,21?/m1/s1. The van der Waals surface area contributed by atoms with E-state index in [0.717, 1.165) is 6.07 Å². The third-order valence-electron chi connectivity index (χ3n) is 6.99. The second-order valence-corrected chi connectivity index (χ2v) is 9.41. The molecule has 2 unspecified atom stereocenters. The van der Waals surface area contributed by atoms with Crippen LogP contribution in [0.15, 0.2) is 40.9 Å². The van der Waals surface area contributed by atoms with Crippen molar-refractivity contribution in [3.63, 3.8) is 0 Å². The molecular weight excluding hydrogens is 480 g/mol. The highest BCUT2D eigenvalue weighted by Crippen LogP contribution is 2.43. The van der Waals surface area contributed by atoms with Crippen molar-refractivity contribution in [2.45, 2.75) is 63.4 Å². The van der Waals surface area contributed by atoms with Gasteiger partial charge in [0, 0.05) is 42.3 Å². The Kier molecular flexibility index (Phi) is 6.27. The molecule has 1 aromatic carbocycles. The summed E-state index contributed by atoms with van der Waals surface area (Å²) < 4.78 is 60.0. The number of aliphatic hydroxyl groups excluding tert-OH is 1. The summed E-state index contributed by atoms with van der Waals surface area (Å²) in [7, 11) is 0. The van der Waals surface area contributed by atoms with Gasteiger partial charge in [0.1, 0.15) is 6.10 Å². The van der Waals surface area contributed by atoms with Crippen LogP contribution in [0, 0.1) is 11.9 Å². The average molecular weight is 504 g/mol. The molecule has 1 aliphatic heterocycles. The van der Waals surface area contributed by atoms with E-state index in [2.05, 4.69) is 15.2 Å². The van der Waals surface area contributed by atoms with Gasteiger partial charge in [-0.15, -0.1) is 10.2 Å². The minimum absolute atomic E-state index is 0.0621. The molecule has 3 aromatic rings. The van der Waals surface area contributed by atoms with Crippen molar-refractivity contribution in [2.75, 3.05) is 0 Å². The van der Waals surface area contributed by atoms with Gasteiger partial charge >= 0.3 is 0 Å². The van der Waals surface area contributed by atoms with E-state index < -0.39 is 36.1 Å². The molecule has 0 bridgehead atoms. The molecule has 1 aliphatic carbocycles. The molecule has 3 atom stereocenters. The number of aliphatic hydroxyl groups is 1. The Balaban J connectivity index is 1.46. The van der Waals surface area contributed by atoms with Gasteiger partial charge in [0.2, 0.25) is 17.8 Å². The van der Waals surface area contributed by atoms with Crippen LogP contribution in [0.25, 0.3) is 11.5 Å². The zero-order valence-corrected chi connectivity index (χ0v) is 19.4. The molecule has 36 heavy (non-hydrogen) atoms. The number of carbonyl (C=O) groups is 1. The summed E-state index contributed by atoms with van der Waals surface area (Å²) in [6, 6.07) is 6.61. The third-order valence-corrected chi connectivity index (χ3v) is 6.99. The molecule has 11 heteroatoms.